The number of hydrogen-bond acceptors (Lipinski definition) is 6. The summed E-state index contributed by atoms with van der Waals surface area (Å²) >= 11 is 1.47. The summed E-state index contributed by atoms with van der Waals surface area (Å²) in [7, 11) is 1.72. The maximum absolute atomic E-state index is 13.4. The van der Waals surface area contributed by atoms with E-state index in [2.05, 4.69) is 15.1 Å². The highest BCUT2D eigenvalue weighted by atomic mass is 32.1. The van der Waals surface area contributed by atoms with Crippen molar-refractivity contribution in [2.24, 2.45) is 7.05 Å². The Balaban J connectivity index is 1.47. The Hall–Kier alpha value is -3.85. The molecule has 1 amide bonds. The highest BCUT2D eigenvalue weighted by Crippen LogP contribution is 2.29. The molecule has 0 saturated carbocycles. The number of fused-ring (bicyclic) bond motifs is 2. The standard InChI is InChI=1S/C23H20N6O2S/c1-27-21-17(13-25-27)22(31)28(15-24-21)14-20(30)29(12-11-16-7-3-2-4-8-16)23-26-18-9-5-6-10-19(18)32-23/h2-10,13,15H,11-12,14H2,1H3. The molecule has 3 aromatic heterocycles. The Labute approximate surface area is 187 Å². The molecule has 0 atom stereocenters. The molecule has 0 aliphatic rings. The van der Waals surface area contributed by atoms with E-state index >= 15 is 0 Å². The second-order valence-corrected chi connectivity index (χ2v) is 8.44. The lowest BCUT2D eigenvalue weighted by Crippen LogP contribution is -2.38. The topological polar surface area (TPSA) is 85.9 Å². The van der Waals surface area contributed by atoms with Gasteiger partial charge in [0.15, 0.2) is 10.8 Å². The molecule has 0 unspecified atom stereocenters. The number of thiazole rings is 1. The van der Waals surface area contributed by atoms with Crippen LogP contribution in [0.4, 0.5) is 5.13 Å². The molecule has 0 spiro atoms. The molecule has 9 heteroatoms. The molecule has 5 aromatic rings. The number of amides is 1. The minimum absolute atomic E-state index is 0.124. The van der Waals surface area contributed by atoms with E-state index in [1.165, 1.54) is 33.1 Å². The first-order valence-electron chi connectivity index (χ1n) is 10.2. The van der Waals surface area contributed by atoms with Gasteiger partial charge in [0.1, 0.15) is 18.3 Å². The van der Waals surface area contributed by atoms with Crippen molar-refractivity contribution in [2.45, 2.75) is 13.0 Å². The number of benzene rings is 2. The lowest BCUT2D eigenvalue weighted by Gasteiger charge is -2.20. The Morgan fingerprint density at radius 3 is 2.69 bits per heavy atom. The summed E-state index contributed by atoms with van der Waals surface area (Å²) in [6.45, 7) is 0.335. The summed E-state index contributed by atoms with van der Waals surface area (Å²) in [5.74, 6) is -0.216. The fraction of sp³-hybridized carbons (Fsp3) is 0.174. The van der Waals surface area contributed by atoms with Crippen molar-refractivity contribution in [2.75, 3.05) is 11.4 Å². The molecule has 32 heavy (non-hydrogen) atoms. The summed E-state index contributed by atoms with van der Waals surface area (Å²) in [6.07, 6.45) is 3.56. The van der Waals surface area contributed by atoms with Gasteiger partial charge in [0.05, 0.1) is 16.4 Å². The maximum atomic E-state index is 13.4. The predicted octanol–water partition coefficient (Wildman–Crippen LogP) is 3.02. The molecular weight excluding hydrogens is 424 g/mol. The number of aromatic nitrogens is 5. The predicted molar refractivity (Wildman–Crippen MR) is 125 cm³/mol. The lowest BCUT2D eigenvalue weighted by atomic mass is 10.1. The van der Waals surface area contributed by atoms with Crippen molar-refractivity contribution in [1.82, 2.24) is 24.3 Å². The van der Waals surface area contributed by atoms with Gasteiger partial charge in [0.25, 0.3) is 5.56 Å². The molecular formula is C23H20N6O2S. The molecule has 0 fully saturated rings. The number of anilines is 1. The van der Waals surface area contributed by atoms with Gasteiger partial charge in [-0.3, -0.25) is 23.7 Å². The van der Waals surface area contributed by atoms with Crippen LogP contribution in [0.5, 0.6) is 0 Å². The van der Waals surface area contributed by atoms with Crippen molar-refractivity contribution >= 4 is 43.6 Å². The first-order chi connectivity index (χ1) is 15.6. The van der Waals surface area contributed by atoms with Crippen LogP contribution in [0.15, 0.2) is 71.9 Å². The molecule has 0 aliphatic heterocycles. The second kappa shape index (κ2) is 8.35. The summed E-state index contributed by atoms with van der Waals surface area (Å²) in [5, 5.41) is 5.09. The Morgan fingerprint density at radius 2 is 1.88 bits per heavy atom. The summed E-state index contributed by atoms with van der Waals surface area (Å²) < 4.78 is 3.88. The first-order valence-corrected chi connectivity index (χ1v) is 11.0. The van der Waals surface area contributed by atoms with Crippen LogP contribution in [0.2, 0.25) is 0 Å². The second-order valence-electron chi connectivity index (χ2n) is 7.43. The van der Waals surface area contributed by atoms with E-state index in [1.54, 1.807) is 11.9 Å². The third kappa shape index (κ3) is 3.78. The van der Waals surface area contributed by atoms with Crippen LogP contribution in [-0.2, 0) is 24.8 Å². The normalized spacial score (nSPS) is 11.3. The quantitative estimate of drug-likeness (QED) is 0.402. The average Bonchev–Trinajstić information content (AvgIpc) is 3.40. The van der Waals surface area contributed by atoms with E-state index < -0.39 is 0 Å². The highest BCUT2D eigenvalue weighted by Gasteiger charge is 2.21. The molecule has 2 aromatic carbocycles. The van der Waals surface area contributed by atoms with Gasteiger partial charge in [0, 0.05) is 13.6 Å². The van der Waals surface area contributed by atoms with Crippen molar-refractivity contribution in [1.29, 1.82) is 0 Å². The van der Waals surface area contributed by atoms with Crippen LogP contribution < -0.4 is 10.5 Å². The van der Waals surface area contributed by atoms with Gasteiger partial charge in [-0.25, -0.2) is 9.97 Å². The Bertz CT molecular complexity index is 1440. The van der Waals surface area contributed by atoms with Crippen LogP contribution in [-0.4, -0.2) is 36.8 Å². The van der Waals surface area contributed by atoms with E-state index in [9.17, 15) is 9.59 Å². The van der Waals surface area contributed by atoms with Crippen LogP contribution in [0.25, 0.3) is 21.3 Å². The number of nitrogens with zero attached hydrogens (tertiary/aromatic N) is 6. The molecule has 0 radical (unpaired) electrons. The van der Waals surface area contributed by atoms with Gasteiger partial charge < -0.3 is 0 Å². The third-order valence-electron chi connectivity index (χ3n) is 5.31. The smallest absolute Gasteiger partial charge is 0.264 e. The van der Waals surface area contributed by atoms with E-state index in [1.807, 2.05) is 54.6 Å². The van der Waals surface area contributed by atoms with Gasteiger partial charge in [-0.2, -0.15) is 5.10 Å². The fourth-order valence-corrected chi connectivity index (χ4v) is 4.61. The zero-order valence-corrected chi connectivity index (χ0v) is 18.2. The van der Waals surface area contributed by atoms with Gasteiger partial charge in [-0.05, 0) is 24.1 Å². The van der Waals surface area contributed by atoms with Crippen LogP contribution >= 0.6 is 11.3 Å². The Morgan fingerprint density at radius 1 is 1.09 bits per heavy atom. The van der Waals surface area contributed by atoms with Crippen molar-refractivity contribution in [3.05, 3.63) is 83.0 Å². The number of rotatable bonds is 6. The van der Waals surface area contributed by atoms with Gasteiger partial charge in [0.2, 0.25) is 5.91 Å². The third-order valence-corrected chi connectivity index (χ3v) is 6.36. The summed E-state index contributed by atoms with van der Waals surface area (Å²) in [6, 6.07) is 17.8. The zero-order chi connectivity index (χ0) is 22.1. The molecule has 0 bridgehead atoms. The first kappa shape index (κ1) is 20.1. The minimum Gasteiger partial charge on any atom is -0.289 e. The molecule has 8 nitrogen and oxygen atoms in total. The number of carbonyl (C=O) groups is 1. The van der Waals surface area contributed by atoms with E-state index in [-0.39, 0.29) is 18.0 Å². The molecule has 3 heterocycles. The average molecular weight is 445 g/mol. The van der Waals surface area contributed by atoms with E-state index in [0.29, 0.717) is 29.1 Å². The van der Waals surface area contributed by atoms with Crippen LogP contribution in [0.3, 0.4) is 0 Å². The van der Waals surface area contributed by atoms with Crippen LogP contribution in [0.1, 0.15) is 5.56 Å². The Kier molecular flexibility index (Phi) is 5.24. The van der Waals surface area contributed by atoms with Crippen molar-refractivity contribution < 1.29 is 4.79 Å². The molecule has 0 saturated heterocycles. The zero-order valence-electron chi connectivity index (χ0n) is 17.4. The number of aryl methyl sites for hydroxylation is 1. The molecule has 0 N–H and O–H groups in total. The summed E-state index contributed by atoms with van der Waals surface area (Å²) in [4.78, 5) is 36.9. The number of carbonyl (C=O) groups excluding carboxylic acids is 1. The monoisotopic (exact) mass is 444 g/mol. The maximum Gasteiger partial charge on any atom is 0.264 e. The van der Waals surface area contributed by atoms with Gasteiger partial charge in [-0.1, -0.05) is 53.8 Å². The van der Waals surface area contributed by atoms with Crippen LogP contribution in [0, 0.1) is 0 Å². The molecule has 160 valence electrons. The summed E-state index contributed by atoms with van der Waals surface area (Å²) in [5.41, 5.74) is 2.18. The minimum atomic E-state index is -0.288. The molecule has 0 aliphatic carbocycles. The SMILES string of the molecule is Cn1ncc2c(=O)n(CC(=O)N(CCc3ccccc3)c3nc4ccccc4s3)cnc21. The highest BCUT2D eigenvalue weighted by molar-refractivity contribution is 7.22. The molecule has 5 rings (SSSR count). The largest absolute Gasteiger partial charge is 0.289 e. The van der Waals surface area contributed by atoms with Gasteiger partial charge >= 0.3 is 0 Å². The number of para-hydroxylation sites is 1. The number of hydrogen-bond donors (Lipinski definition) is 0. The lowest BCUT2D eigenvalue weighted by molar-refractivity contribution is -0.119. The fourth-order valence-electron chi connectivity index (χ4n) is 3.60. The van der Waals surface area contributed by atoms with Gasteiger partial charge in [-0.15, -0.1) is 0 Å². The van der Waals surface area contributed by atoms with E-state index in [0.717, 1.165) is 15.8 Å². The van der Waals surface area contributed by atoms with Crippen molar-refractivity contribution in [3.8, 4) is 0 Å². The van der Waals surface area contributed by atoms with E-state index in [4.69, 9.17) is 0 Å². The van der Waals surface area contributed by atoms with Crippen molar-refractivity contribution in [3.63, 3.8) is 0 Å².